The van der Waals surface area contributed by atoms with E-state index in [1.807, 2.05) is 0 Å². The third-order valence-electron chi connectivity index (χ3n) is 2.80. The summed E-state index contributed by atoms with van der Waals surface area (Å²) in [4.78, 5) is 25.1. The maximum absolute atomic E-state index is 12.2. The fourth-order valence-corrected chi connectivity index (χ4v) is 1.78. The monoisotopic (exact) mass is 254 g/mol. The van der Waals surface area contributed by atoms with Crippen molar-refractivity contribution in [2.75, 3.05) is 26.8 Å². The topological polar surface area (TPSA) is 81.9 Å². The highest BCUT2D eigenvalue weighted by molar-refractivity contribution is 5.95. The Labute approximate surface area is 104 Å². The maximum Gasteiger partial charge on any atom is 0.336 e. The molecule has 7 nitrogen and oxygen atoms in total. The molecule has 0 saturated carbocycles. The van der Waals surface area contributed by atoms with Gasteiger partial charge >= 0.3 is 5.97 Å². The smallest absolute Gasteiger partial charge is 0.336 e. The largest absolute Gasteiger partial charge is 0.467 e. The first-order valence-corrected chi connectivity index (χ1v) is 5.53. The lowest BCUT2D eigenvalue weighted by Gasteiger charge is -2.31. The van der Waals surface area contributed by atoms with Crippen molar-refractivity contribution in [3.63, 3.8) is 0 Å². The van der Waals surface area contributed by atoms with Crippen LogP contribution >= 0.6 is 0 Å². The van der Waals surface area contributed by atoms with E-state index < -0.39 is 12.1 Å². The molecule has 0 spiro atoms. The Hall–Kier alpha value is -1.89. The van der Waals surface area contributed by atoms with E-state index in [4.69, 9.17) is 9.26 Å². The van der Waals surface area contributed by atoms with Gasteiger partial charge in [-0.2, -0.15) is 0 Å². The number of carbonyl (C=O) groups excluding carboxylic acids is 2. The van der Waals surface area contributed by atoms with Gasteiger partial charge in [0.2, 0.25) is 0 Å². The Morgan fingerprint density at radius 2 is 2.33 bits per heavy atom. The quantitative estimate of drug-likeness (QED) is 0.691. The molecule has 18 heavy (non-hydrogen) atoms. The van der Waals surface area contributed by atoms with Crippen molar-refractivity contribution in [2.24, 2.45) is 0 Å². The van der Waals surface area contributed by atoms with Crippen LogP contribution in [-0.2, 0) is 14.3 Å². The van der Waals surface area contributed by atoms with E-state index in [-0.39, 0.29) is 12.5 Å². The minimum Gasteiger partial charge on any atom is -0.467 e. The minimum atomic E-state index is -0.729. The Bertz CT molecular complexity index is 456. The first kappa shape index (κ1) is 12.6. The van der Waals surface area contributed by atoms with Crippen LogP contribution in [0.5, 0.6) is 0 Å². The number of rotatable bonds is 2. The third kappa shape index (κ3) is 2.35. The van der Waals surface area contributed by atoms with Crippen LogP contribution in [0.3, 0.4) is 0 Å². The zero-order valence-electron chi connectivity index (χ0n) is 10.2. The van der Waals surface area contributed by atoms with Crippen LogP contribution in [0, 0.1) is 6.92 Å². The van der Waals surface area contributed by atoms with E-state index in [0.717, 1.165) is 0 Å². The molecular weight excluding hydrogens is 240 g/mol. The molecule has 0 aromatic carbocycles. The summed E-state index contributed by atoms with van der Waals surface area (Å²) >= 11 is 0. The van der Waals surface area contributed by atoms with Crippen LogP contribution in [0.2, 0.25) is 0 Å². The van der Waals surface area contributed by atoms with Gasteiger partial charge in [0, 0.05) is 6.54 Å². The van der Waals surface area contributed by atoms with Crippen LogP contribution in [0.15, 0.2) is 10.7 Å². The number of aromatic nitrogens is 1. The maximum atomic E-state index is 12.2. The highest BCUT2D eigenvalue weighted by atomic mass is 16.6. The number of amides is 1. The molecule has 0 radical (unpaired) electrons. The number of nitrogens with zero attached hydrogens (tertiary/aromatic N) is 2. The van der Waals surface area contributed by atoms with Crippen LogP contribution in [0.25, 0.3) is 0 Å². The van der Waals surface area contributed by atoms with Crippen molar-refractivity contribution in [1.82, 2.24) is 10.1 Å². The molecule has 1 aromatic heterocycles. The van der Waals surface area contributed by atoms with E-state index in [1.165, 1.54) is 18.2 Å². The van der Waals surface area contributed by atoms with Gasteiger partial charge in [0.15, 0.2) is 6.10 Å². The van der Waals surface area contributed by atoms with Crippen molar-refractivity contribution >= 4 is 11.9 Å². The number of hydrogen-bond acceptors (Lipinski definition) is 6. The van der Waals surface area contributed by atoms with Crippen molar-refractivity contribution in [3.05, 3.63) is 17.5 Å². The van der Waals surface area contributed by atoms with Gasteiger partial charge in [-0.15, -0.1) is 0 Å². The molecule has 2 heterocycles. The van der Waals surface area contributed by atoms with Gasteiger partial charge < -0.3 is 18.9 Å². The highest BCUT2D eigenvalue weighted by Crippen LogP contribution is 2.14. The van der Waals surface area contributed by atoms with Gasteiger partial charge in [-0.1, -0.05) is 5.16 Å². The Morgan fingerprint density at radius 3 is 2.94 bits per heavy atom. The molecule has 1 fully saturated rings. The van der Waals surface area contributed by atoms with Gasteiger partial charge in [0.1, 0.15) is 11.3 Å². The lowest BCUT2D eigenvalue weighted by Crippen LogP contribution is -2.48. The van der Waals surface area contributed by atoms with E-state index in [2.05, 4.69) is 9.89 Å². The fourth-order valence-electron chi connectivity index (χ4n) is 1.78. The summed E-state index contributed by atoms with van der Waals surface area (Å²) in [7, 11) is 1.29. The molecule has 2 rings (SSSR count). The molecule has 1 aromatic rings. The van der Waals surface area contributed by atoms with E-state index in [1.54, 1.807) is 6.92 Å². The molecule has 1 saturated heterocycles. The van der Waals surface area contributed by atoms with Crippen molar-refractivity contribution in [2.45, 2.75) is 13.0 Å². The summed E-state index contributed by atoms with van der Waals surface area (Å²) in [6, 6.07) is 0. The first-order chi connectivity index (χ1) is 8.63. The molecule has 1 amide bonds. The zero-order chi connectivity index (χ0) is 13.1. The van der Waals surface area contributed by atoms with E-state index in [9.17, 15) is 9.59 Å². The normalized spacial score (nSPS) is 19.7. The summed E-state index contributed by atoms with van der Waals surface area (Å²) in [5.74, 6) is -0.235. The van der Waals surface area contributed by atoms with Crippen molar-refractivity contribution in [3.8, 4) is 0 Å². The molecule has 98 valence electrons. The van der Waals surface area contributed by atoms with Crippen molar-refractivity contribution < 1.29 is 23.6 Å². The lowest BCUT2D eigenvalue weighted by atomic mass is 10.2. The summed E-state index contributed by atoms with van der Waals surface area (Å²) in [6.07, 6.45) is 0.646. The van der Waals surface area contributed by atoms with E-state index >= 15 is 0 Å². The summed E-state index contributed by atoms with van der Waals surface area (Å²) < 4.78 is 14.7. The molecule has 1 unspecified atom stereocenters. The number of hydrogen-bond donors (Lipinski definition) is 0. The summed E-state index contributed by atoms with van der Waals surface area (Å²) in [6.45, 7) is 2.57. The number of aryl methyl sites for hydroxylation is 1. The predicted molar refractivity (Wildman–Crippen MR) is 58.9 cm³/mol. The lowest BCUT2D eigenvalue weighted by molar-refractivity contribution is -0.158. The Balaban J connectivity index is 2.07. The minimum absolute atomic E-state index is 0.177. The average molecular weight is 254 g/mol. The molecule has 0 N–H and O–H groups in total. The SMILES string of the molecule is COC(=O)C1CN(C(=O)c2cnoc2C)CCO1. The zero-order valence-corrected chi connectivity index (χ0v) is 10.2. The number of morpholine rings is 1. The number of carbonyl (C=O) groups is 2. The second kappa shape index (κ2) is 5.18. The van der Waals surface area contributed by atoms with Crippen molar-refractivity contribution in [1.29, 1.82) is 0 Å². The number of esters is 1. The van der Waals surface area contributed by atoms with Gasteiger partial charge in [0.25, 0.3) is 5.91 Å². The van der Waals surface area contributed by atoms with Gasteiger partial charge in [0.05, 0.1) is 26.5 Å². The van der Waals surface area contributed by atoms with Gasteiger partial charge in [-0.3, -0.25) is 4.79 Å². The molecule has 1 aliphatic rings. The highest BCUT2D eigenvalue weighted by Gasteiger charge is 2.31. The van der Waals surface area contributed by atoms with Crippen LogP contribution in [-0.4, -0.2) is 54.8 Å². The van der Waals surface area contributed by atoms with Gasteiger partial charge in [-0.25, -0.2) is 4.79 Å². The number of methoxy groups -OCH3 is 1. The molecule has 1 atom stereocenters. The molecule has 7 heteroatoms. The third-order valence-corrected chi connectivity index (χ3v) is 2.80. The predicted octanol–water partition coefficient (Wildman–Crippen LogP) is -0.00298. The van der Waals surface area contributed by atoms with Crippen LogP contribution < -0.4 is 0 Å². The molecule has 0 aliphatic carbocycles. The second-order valence-corrected chi connectivity index (χ2v) is 3.93. The first-order valence-electron chi connectivity index (χ1n) is 5.53. The van der Waals surface area contributed by atoms with Gasteiger partial charge in [-0.05, 0) is 6.92 Å². The molecule has 0 bridgehead atoms. The second-order valence-electron chi connectivity index (χ2n) is 3.93. The standard InChI is InChI=1S/C11H14N2O5/c1-7-8(5-12-18-7)10(14)13-3-4-17-9(6-13)11(15)16-2/h5,9H,3-4,6H2,1-2H3. The Morgan fingerprint density at radius 1 is 1.56 bits per heavy atom. The van der Waals surface area contributed by atoms with Crippen LogP contribution in [0.4, 0.5) is 0 Å². The summed E-state index contributed by atoms with van der Waals surface area (Å²) in [5, 5.41) is 3.56. The van der Waals surface area contributed by atoms with E-state index in [0.29, 0.717) is 24.5 Å². The summed E-state index contributed by atoms with van der Waals surface area (Å²) in [5.41, 5.74) is 0.403. The number of ether oxygens (including phenoxy) is 2. The molecule has 1 aliphatic heterocycles. The van der Waals surface area contributed by atoms with Crippen LogP contribution in [0.1, 0.15) is 16.1 Å². The average Bonchev–Trinajstić information content (AvgIpc) is 2.83. The Kier molecular flexibility index (Phi) is 3.61. The fraction of sp³-hybridized carbons (Fsp3) is 0.545. The molecular formula is C11H14N2O5.